The standard InChI is InChI=1S/C19H21NO3/c21-16-7-8-17(19(22)12-16)14-6-9-18(20-23)15(11-14)10-13-4-2-1-3-5-13/h1-5,7-8,12,14-15,21-23H,6,9-11H2/b20-18+. The number of benzene rings is 2. The molecule has 0 bridgehead atoms. The van der Waals surface area contributed by atoms with Crippen LogP contribution in [0.25, 0.3) is 0 Å². The summed E-state index contributed by atoms with van der Waals surface area (Å²) in [4.78, 5) is 0. The Morgan fingerprint density at radius 1 is 1.04 bits per heavy atom. The van der Waals surface area contributed by atoms with Crippen LogP contribution in [0.5, 0.6) is 11.5 Å². The Morgan fingerprint density at radius 3 is 2.52 bits per heavy atom. The molecule has 2 aromatic carbocycles. The SMILES string of the molecule is O/N=C1\CCC(c2ccc(O)cc2O)CC1Cc1ccccc1. The largest absolute Gasteiger partial charge is 0.508 e. The Hall–Kier alpha value is -2.49. The van der Waals surface area contributed by atoms with E-state index in [0.717, 1.165) is 37.0 Å². The molecule has 2 aromatic rings. The second-order valence-electron chi connectivity index (χ2n) is 6.19. The summed E-state index contributed by atoms with van der Waals surface area (Å²) in [5.74, 6) is 0.572. The lowest BCUT2D eigenvalue weighted by molar-refractivity contribution is 0.305. The van der Waals surface area contributed by atoms with Gasteiger partial charge in [0.2, 0.25) is 0 Å². The Morgan fingerprint density at radius 2 is 1.83 bits per heavy atom. The van der Waals surface area contributed by atoms with Gasteiger partial charge < -0.3 is 15.4 Å². The van der Waals surface area contributed by atoms with Gasteiger partial charge in [0.05, 0.1) is 5.71 Å². The van der Waals surface area contributed by atoms with E-state index in [1.165, 1.54) is 11.6 Å². The van der Waals surface area contributed by atoms with Crippen molar-refractivity contribution in [1.29, 1.82) is 0 Å². The third-order valence-electron chi connectivity index (χ3n) is 4.70. The minimum Gasteiger partial charge on any atom is -0.508 e. The summed E-state index contributed by atoms with van der Waals surface area (Å²) >= 11 is 0. The van der Waals surface area contributed by atoms with Crippen LogP contribution in [-0.2, 0) is 6.42 Å². The zero-order valence-electron chi connectivity index (χ0n) is 12.9. The predicted octanol–water partition coefficient (Wildman–Crippen LogP) is 4.05. The van der Waals surface area contributed by atoms with E-state index in [1.807, 2.05) is 18.2 Å². The normalized spacial score (nSPS) is 23.0. The van der Waals surface area contributed by atoms with Gasteiger partial charge in [-0.1, -0.05) is 41.6 Å². The molecule has 1 saturated carbocycles. The lowest BCUT2D eigenvalue weighted by Gasteiger charge is -2.30. The topological polar surface area (TPSA) is 73.1 Å². The zero-order chi connectivity index (χ0) is 16.2. The molecule has 0 amide bonds. The fourth-order valence-electron chi connectivity index (χ4n) is 3.51. The van der Waals surface area contributed by atoms with Gasteiger partial charge in [0.1, 0.15) is 11.5 Å². The van der Waals surface area contributed by atoms with Crippen molar-refractivity contribution in [3.05, 3.63) is 59.7 Å². The van der Waals surface area contributed by atoms with E-state index in [2.05, 4.69) is 17.3 Å². The van der Waals surface area contributed by atoms with Crippen LogP contribution < -0.4 is 0 Å². The minimum absolute atomic E-state index is 0.0699. The molecular weight excluding hydrogens is 290 g/mol. The van der Waals surface area contributed by atoms with Crippen molar-refractivity contribution in [3.63, 3.8) is 0 Å². The molecule has 1 aliphatic rings. The van der Waals surface area contributed by atoms with E-state index >= 15 is 0 Å². The number of aromatic hydroxyl groups is 2. The van der Waals surface area contributed by atoms with Crippen LogP contribution in [-0.4, -0.2) is 21.1 Å². The third-order valence-corrected chi connectivity index (χ3v) is 4.70. The molecule has 2 atom stereocenters. The van der Waals surface area contributed by atoms with Gasteiger partial charge in [-0.2, -0.15) is 0 Å². The number of hydrogen-bond donors (Lipinski definition) is 3. The van der Waals surface area contributed by atoms with Crippen LogP contribution in [0.4, 0.5) is 0 Å². The van der Waals surface area contributed by atoms with Crippen LogP contribution in [0.2, 0.25) is 0 Å². The molecular formula is C19H21NO3. The number of hydrogen-bond acceptors (Lipinski definition) is 4. The number of phenols is 2. The summed E-state index contributed by atoms with van der Waals surface area (Å²) in [6.07, 6.45) is 3.21. The first-order valence-electron chi connectivity index (χ1n) is 7.94. The summed E-state index contributed by atoms with van der Waals surface area (Å²) in [7, 11) is 0. The van der Waals surface area contributed by atoms with Crippen LogP contribution >= 0.6 is 0 Å². The number of phenolic OH excluding ortho intramolecular Hbond substituents is 2. The summed E-state index contributed by atoms with van der Waals surface area (Å²) in [6.45, 7) is 0. The lowest BCUT2D eigenvalue weighted by Crippen LogP contribution is -2.26. The maximum absolute atomic E-state index is 10.1. The van der Waals surface area contributed by atoms with Crippen molar-refractivity contribution < 1.29 is 15.4 Å². The molecule has 0 spiro atoms. The molecule has 3 rings (SSSR count). The highest BCUT2D eigenvalue weighted by Gasteiger charge is 2.30. The maximum Gasteiger partial charge on any atom is 0.122 e. The average Bonchev–Trinajstić information content (AvgIpc) is 2.56. The summed E-state index contributed by atoms with van der Waals surface area (Å²) in [5.41, 5.74) is 2.91. The molecule has 1 aliphatic carbocycles. The first-order valence-corrected chi connectivity index (χ1v) is 7.94. The highest BCUT2D eigenvalue weighted by Crippen LogP contribution is 2.40. The summed E-state index contributed by atoms with van der Waals surface area (Å²) in [5, 5.41) is 32.4. The molecule has 2 unspecified atom stereocenters. The van der Waals surface area contributed by atoms with Crippen LogP contribution in [0.15, 0.2) is 53.7 Å². The molecule has 23 heavy (non-hydrogen) atoms. The zero-order valence-corrected chi connectivity index (χ0v) is 12.9. The van der Waals surface area contributed by atoms with Crippen LogP contribution in [0.1, 0.15) is 36.3 Å². The highest BCUT2D eigenvalue weighted by atomic mass is 16.4. The van der Waals surface area contributed by atoms with E-state index in [9.17, 15) is 15.4 Å². The Bertz CT molecular complexity index is 697. The minimum atomic E-state index is 0.0699. The number of nitrogens with zero attached hydrogens (tertiary/aromatic N) is 1. The predicted molar refractivity (Wildman–Crippen MR) is 89.2 cm³/mol. The third kappa shape index (κ3) is 3.47. The van der Waals surface area contributed by atoms with Crippen LogP contribution in [0, 0.1) is 5.92 Å². The van der Waals surface area contributed by atoms with Crippen LogP contribution in [0.3, 0.4) is 0 Å². The maximum atomic E-state index is 10.1. The van der Waals surface area contributed by atoms with Crippen molar-refractivity contribution in [1.82, 2.24) is 0 Å². The number of oxime groups is 1. The smallest absolute Gasteiger partial charge is 0.122 e. The lowest BCUT2D eigenvalue weighted by atomic mass is 9.74. The van der Waals surface area contributed by atoms with Gasteiger partial charge in [0.25, 0.3) is 0 Å². The van der Waals surface area contributed by atoms with Gasteiger partial charge in [0.15, 0.2) is 0 Å². The first-order chi connectivity index (χ1) is 11.2. The molecule has 0 saturated heterocycles. The summed E-state index contributed by atoms with van der Waals surface area (Å²) in [6, 6.07) is 15.0. The van der Waals surface area contributed by atoms with Gasteiger partial charge in [-0.15, -0.1) is 0 Å². The van der Waals surface area contributed by atoms with E-state index in [4.69, 9.17) is 0 Å². The van der Waals surface area contributed by atoms with E-state index in [1.54, 1.807) is 12.1 Å². The molecule has 3 N–H and O–H groups in total. The monoisotopic (exact) mass is 311 g/mol. The van der Waals surface area contributed by atoms with Crippen molar-refractivity contribution in [3.8, 4) is 11.5 Å². The fourth-order valence-corrected chi connectivity index (χ4v) is 3.51. The van der Waals surface area contributed by atoms with Gasteiger partial charge in [-0.25, -0.2) is 0 Å². The highest BCUT2D eigenvalue weighted by molar-refractivity contribution is 5.87. The summed E-state index contributed by atoms with van der Waals surface area (Å²) < 4.78 is 0. The Labute approximate surface area is 135 Å². The Kier molecular flexibility index (Phi) is 4.51. The molecule has 0 radical (unpaired) electrons. The molecule has 4 heteroatoms. The number of rotatable bonds is 3. The van der Waals surface area contributed by atoms with Crippen molar-refractivity contribution >= 4 is 5.71 Å². The first kappa shape index (κ1) is 15.4. The van der Waals surface area contributed by atoms with Crippen molar-refractivity contribution in [2.75, 3.05) is 0 Å². The Balaban J connectivity index is 1.80. The quantitative estimate of drug-likeness (QED) is 0.591. The average molecular weight is 311 g/mol. The van der Waals surface area contributed by atoms with Crippen molar-refractivity contribution in [2.45, 2.75) is 31.6 Å². The van der Waals surface area contributed by atoms with E-state index in [-0.39, 0.29) is 23.3 Å². The van der Waals surface area contributed by atoms with Gasteiger partial charge >= 0.3 is 0 Å². The molecule has 0 aromatic heterocycles. The second kappa shape index (κ2) is 6.73. The molecule has 1 fully saturated rings. The van der Waals surface area contributed by atoms with Gasteiger partial charge in [-0.05, 0) is 48.8 Å². The van der Waals surface area contributed by atoms with Gasteiger partial charge in [0, 0.05) is 12.0 Å². The molecule has 120 valence electrons. The van der Waals surface area contributed by atoms with Gasteiger partial charge in [-0.3, -0.25) is 0 Å². The van der Waals surface area contributed by atoms with E-state index in [0.29, 0.717) is 0 Å². The molecule has 0 aliphatic heterocycles. The van der Waals surface area contributed by atoms with Crippen molar-refractivity contribution in [2.24, 2.45) is 11.1 Å². The second-order valence-corrected chi connectivity index (χ2v) is 6.19. The van der Waals surface area contributed by atoms with E-state index < -0.39 is 0 Å². The molecule has 4 nitrogen and oxygen atoms in total. The fraction of sp³-hybridized carbons (Fsp3) is 0.316. The molecule has 0 heterocycles.